The van der Waals surface area contributed by atoms with E-state index in [0.717, 1.165) is 57.0 Å². The Hall–Kier alpha value is -0.879. The van der Waals surface area contributed by atoms with Gasteiger partial charge in [0.1, 0.15) is 5.76 Å². The Bertz CT molecular complexity index is 637. The van der Waals surface area contributed by atoms with E-state index in [4.69, 9.17) is 13.3 Å². The Balaban J connectivity index is 2.92. The Morgan fingerprint density at radius 2 is 1.41 bits per heavy atom. The normalized spacial score (nSPS) is 12.8. The molecule has 186 valence electrons. The maximum atomic E-state index is 13.8. The van der Waals surface area contributed by atoms with Crippen LogP contribution in [-0.4, -0.2) is 66.7 Å². The van der Waals surface area contributed by atoms with Crippen LogP contribution in [0.25, 0.3) is 0 Å². The summed E-state index contributed by atoms with van der Waals surface area (Å²) >= 11 is 0. The van der Waals surface area contributed by atoms with E-state index in [0.29, 0.717) is 6.54 Å². The number of carbonyl (C=O) groups excluding carboxylic acids is 1. The number of rotatable bonds is 15. The van der Waals surface area contributed by atoms with Crippen LogP contribution in [0.3, 0.4) is 0 Å². The fourth-order valence-electron chi connectivity index (χ4n) is 3.94. The van der Waals surface area contributed by atoms with Crippen LogP contribution in [0.1, 0.15) is 32.4 Å². The molecule has 1 aromatic heterocycles. The zero-order chi connectivity index (χ0) is 24.4. The van der Waals surface area contributed by atoms with Crippen LogP contribution in [-0.2, 0) is 15.4 Å². The highest BCUT2D eigenvalue weighted by Gasteiger charge is 2.33. The number of urea groups is 1. The van der Waals surface area contributed by atoms with Crippen molar-refractivity contribution in [3.05, 3.63) is 24.2 Å². The highest BCUT2D eigenvalue weighted by atomic mass is 28.4. The van der Waals surface area contributed by atoms with Crippen LogP contribution >= 0.6 is 0 Å². The summed E-state index contributed by atoms with van der Waals surface area (Å²) in [5.41, 5.74) is 0. The summed E-state index contributed by atoms with van der Waals surface area (Å²) in [6.45, 7) is 23.5. The standard InChI is InChI=1S/C23H48N2O4Si3/c1-10-28-31(6,7)19-13-16-24(17-14-20-32(8,9)29-11-2)23(26)25(30(3,4)5)21-22-15-12-18-27-22/h12,15,18H,10-11,13-14,16-17,19-21H2,1-9H3. The van der Waals surface area contributed by atoms with Gasteiger partial charge in [0.05, 0.1) is 12.8 Å². The first-order valence-corrected chi connectivity index (χ1v) is 21.9. The van der Waals surface area contributed by atoms with E-state index < -0.39 is 24.9 Å². The zero-order valence-corrected chi connectivity index (χ0v) is 25.1. The molecule has 0 bridgehead atoms. The SMILES string of the molecule is CCO[Si](C)(C)CCCN(CCC[Si](C)(C)OCC)C(=O)N(Cc1ccco1)[Si](C)(C)C. The van der Waals surface area contributed by atoms with E-state index in [2.05, 4.69) is 69.1 Å². The van der Waals surface area contributed by atoms with Crippen LogP contribution in [0.5, 0.6) is 0 Å². The van der Waals surface area contributed by atoms with Gasteiger partial charge >= 0.3 is 6.03 Å². The molecule has 0 unspecified atom stereocenters. The lowest BCUT2D eigenvalue weighted by atomic mass is 10.3. The number of nitrogens with zero attached hydrogens (tertiary/aromatic N) is 2. The molecule has 0 spiro atoms. The Labute approximate surface area is 200 Å². The molecule has 0 N–H and O–H groups in total. The fourth-order valence-corrected chi connectivity index (χ4v) is 9.16. The lowest BCUT2D eigenvalue weighted by Gasteiger charge is -2.38. The molecule has 0 saturated heterocycles. The molecule has 1 rings (SSSR count). The van der Waals surface area contributed by atoms with Crippen molar-refractivity contribution >= 4 is 30.9 Å². The Kier molecular flexibility index (Phi) is 12.0. The van der Waals surface area contributed by atoms with Crippen molar-refractivity contribution in [2.24, 2.45) is 0 Å². The number of hydrogen-bond acceptors (Lipinski definition) is 4. The Morgan fingerprint density at radius 3 is 1.78 bits per heavy atom. The van der Waals surface area contributed by atoms with Gasteiger partial charge in [0.2, 0.25) is 0 Å². The first-order chi connectivity index (χ1) is 14.8. The second-order valence-electron chi connectivity index (χ2n) is 10.7. The van der Waals surface area contributed by atoms with Gasteiger partial charge in [-0.2, -0.15) is 0 Å². The molecule has 1 aromatic rings. The molecule has 0 aliphatic carbocycles. The molecular formula is C23H48N2O4Si3. The van der Waals surface area contributed by atoms with Gasteiger partial charge in [-0.1, -0.05) is 19.6 Å². The first-order valence-electron chi connectivity index (χ1n) is 12.2. The smallest absolute Gasteiger partial charge is 0.312 e. The molecule has 0 aliphatic rings. The molecule has 1 heterocycles. The van der Waals surface area contributed by atoms with E-state index >= 15 is 0 Å². The summed E-state index contributed by atoms with van der Waals surface area (Å²) in [6.07, 6.45) is 3.65. The van der Waals surface area contributed by atoms with Gasteiger partial charge < -0.3 is 22.7 Å². The van der Waals surface area contributed by atoms with Crippen molar-refractivity contribution in [3.63, 3.8) is 0 Å². The summed E-state index contributed by atoms with van der Waals surface area (Å²) in [4.78, 5) is 15.9. The van der Waals surface area contributed by atoms with E-state index in [-0.39, 0.29) is 6.03 Å². The maximum Gasteiger partial charge on any atom is 0.312 e. The van der Waals surface area contributed by atoms with E-state index in [1.54, 1.807) is 6.26 Å². The molecule has 2 amide bonds. The molecular weight excluding hydrogens is 453 g/mol. The van der Waals surface area contributed by atoms with Gasteiger partial charge in [0.25, 0.3) is 0 Å². The van der Waals surface area contributed by atoms with Crippen LogP contribution < -0.4 is 0 Å². The largest absolute Gasteiger partial charge is 0.467 e. The average Bonchev–Trinajstić information content (AvgIpc) is 3.16. The van der Waals surface area contributed by atoms with Crippen LogP contribution in [0.2, 0.25) is 57.9 Å². The third-order valence-corrected chi connectivity index (χ3v) is 12.9. The molecule has 0 atom stereocenters. The van der Waals surface area contributed by atoms with Gasteiger partial charge in [-0.15, -0.1) is 0 Å². The zero-order valence-electron chi connectivity index (χ0n) is 22.1. The van der Waals surface area contributed by atoms with Crippen molar-refractivity contribution < 1.29 is 18.1 Å². The van der Waals surface area contributed by atoms with Crippen molar-refractivity contribution in [1.29, 1.82) is 0 Å². The number of carbonyl (C=O) groups is 1. The van der Waals surface area contributed by atoms with E-state index in [9.17, 15) is 4.79 Å². The Morgan fingerprint density at radius 1 is 0.906 bits per heavy atom. The topological polar surface area (TPSA) is 55.2 Å². The van der Waals surface area contributed by atoms with Crippen LogP contribution in [0, 0.1) is 0 Å². The summed E-state index contributed by atoms with van der Waals surface area (Å²) < 4.78 is 19.7. The molecule has 0 aliphatic heterocycles. The number of hydrogen-bond donors (Lipinski definition) is 0. The molecule has 0 aromatic carbocycles. The van der Waals surface area contributed by atoms with Gasteiger partial charge in [-0.25, -0.2) is 4.79 Å². The van der Waals surface area contributed by atoms with Crippen LogP contribution in [0.4, 0.5) is 4.79 Å². The van der Waals surface area contributed by atoms with E-state index in [1.165, 1.54) is 0 Å². The minimum atomic E-state index is -1.90. The fraction of sp³-hybridized carbons (Fsp3) is 0.783. The number of amides is 2. The van der Waals surface area contributed by atoms with Gasteiger partial charge in [-0.3, -0.25) is 0 Å². The lowest BCUT2D eigenvalue weighted by Crippen LogP contribution is -2.54. The third kappa shape index (κ3) is 10.8. The predicted octanol–water partition coefficient (Wildman–Crippen LogP) is 6.60. The van der Waals surface area contributed by atoms with Gasteiger partial charge in [0, 0.05) is 26.3 Å². The van der Waals surface area contributed by atoms with Crippen molar-refractivity contribution in [1.82, 2.24) is 9.47 Å². The third-order valence-electron chi connectivity index (χ3n) is 5.69. The van der Waals surface area contributed by atoms with Crippen LogP contribution in [0.15, 0.2) is 22.8 Å². The average molecular weight is 501 g/mol. The lowest BCUT2D eigenvalue weighted by molar-refractivity contribution is 0.171. The van der Waals surface area contributed by atoms with E-state index in [1.807, 2.05) is 12.1 Å². The summed E-state index contributed by atoms with van der Waals surface area (Å²) in [6, 6.07) is 6.12. The summed E-state index contributed by atoms with van der Waals surface area (Å²) in [5.74, 6) is 0.843. The van der Waals surface area contributed by atoms with Gasteiger partial charge in [-0.05, 0) is 77.1 Å². The molecule has 0 saturated carbocycles. The maximum absolute atomic E-state index is 13.8. The quantitative estimate of drug-likeness (QED) is 0.254. The molecule has 9 heteroatoms. The highest BCUT2D eigenvalue weighted by Crippen LogP contribution is 2.21. The molecule has 6 nitrogen and oxygen atoms in total. The minimum Gasteiger partial charge on any atom is -0.467 e. The van der Waals surface area contributed by atoms with Gasteiger partial charge in [0.15, 0.2) is 24.9 Å². The van der Waals surface area contributed by atoms with Crippen molar-refractivity contribution in [2.75, 3.05) is 26.3 Å². The number of furan rings is 1. The second-order valence-corrected chi connectivity index (χ2v) is 24.2. The second kappa shape index (κ2) is 13.1. The molecule has 0 fully saturated rings. The predicted molar refractivity (Wildman–Crippen MR) is 142 cm³/mol. The first kappa shape index (κ1) is 29.2. The molecule has 0 radical (unpaired) electrons. The van der Waals surface area contributed by atoms with Crippen molar-refractivity contribution in [3.8, 4) is 0 Å². The summed E-state index contributed by atoms with van der Waals surface area (Å²) in [7, 11) is -5.22. The monoisotopic (exact) mass is 500 g/mol. The minimum absolute atomic E-state index is 0.146. The van der Waals surface area contributed by atoms with Crippen molar-refractivity contribution in [2.45, 2.75) is 91.2 Å². The molecule has 32 heavy (non-hydrogen) atoms. The highest BCUT2D eigenvalue weighted by molar-refractivity contribution is 6.75. The summed E-state index contributed by atoms with van der Waals surface area (Å²) in [5, 5.41) is 0.